The molecule has 2 fully saturated rings. The SMILES string of the molecule is COc1cc(OCC(C)(O)COCC2SCCS2)cc(OC(OCC2SCCS2)C(C)(C)O)c1. The van der Waals surface area contributed by atoms with Gasteiger partial charge in [0.25, 0.3) is 0 Å². The molecular formula is C23H36O7S4. The molecule has 2 saturated heterocycles. The first-order valence-corrected chi connectivity index (χ1v) is 15.4. The zero-order chi connectivity index (χ0) is 24.6. The van der Waals surface area contributed by atoms with Gasteiger partial charge in [0, 0.05) is 41.2 Å². The third-order valence-electron chi connectivity index (χ3n) is 4.89. The number of thioether (sulfide) groups is 4. The minimum atomic E-state index is -1.21. The summed E-state index contributed by atoms with van der Waals surface area (Å²) in [5.74, 6) is 5.97. The van der Waals surface area contributed by atoms with Gasteiger partial charge in [-0.2, -0.15) is 0 Å². The molecule has 1 aromatic carbocycles. The molecule has 194 valence electrons. The van der Waals surface area contributed by atoms with Crippen molar-refractivity contribution in [2.75, 3.05) is 56.5 Å². The summed E-state index contributed by atoms with van der Waals surface area (Å²) in [5, 5.41) is 21.3. The van der Waals surface area contributed by atoms with Crippen LogP contribution in [-0.4, -0.2) is 93.4 Å². The van der Waals surface area contributed by atoms with Gasteiger partial charge < -0.3 is 33.9 Å². The molecule has 2 heterocycles. The fraction of sp³-hybridized carbons (Fsp3) is 0.739. The Labute approximate surface area is 219 Å². The summed E-state index contributed by atoms with van der Waals surface area (Å²) in [4.78, 5) is 0. The van der Waals surface area contributed by atoms with Gasteiger partial charge >= 0.3 is 0 Å². The van der Waals surface area contributed by atoms with Crippen molar-refractivity contribution in [1.29, 1.82) is 0 Å². The Morgan fingerprint density at radius 2 is 1.41 bits per heavy atom. The molecule has 2 aliphatic rings. The van der Waals surface area contributed by atoms with Gasteiger partial charge in [-0.3, -0.25) is 0 Å². The van der Waals surface area contributed by atoms with Gasteiger partial charge in [-0.15, -0.1) is 47.0 Å². The van der Waals surface area contributed by atoms with Gasteiger partial charge in [0.15, 0.2) is 0 Å². The number of hydrogen-bond acceptors (Lipinski definition) is 11. The first-order valence-electron chi connectivity index (χ1n) is 11.2. The van der Waals surface area contributed by atoms with E-state index in [0.717, 1.165) is 23.0 Å². The van der Waals surface area contributed by atoms with Crippen molar-refractivity contribution >= 4 is 47.0 Å². The number of hydrogen-bond donors (Lipinski definition) is 2. The van der Waals surface area contributed by atoms with Gasteiger partial charge in [-0.25, -0.2) is 0 Å². The van der Waals surface area contributed by atoms with E-state index >= 15 is 0 Å². The van der Waals surface area contributed by atoms with Crippen LogP contribution in [0.15, 0.2) is 18.2 Å². The molecule has 2 unspecified atom stereocenters. The minimum Gasteiger partial charge on any atom is -0.496 e. The van der Waals surface area contributed by atoms with Crippen LogP contribution in [0.1, 0.15) is 20.8 Å². The third kappa shape index (κ3) is 9.72. The van der Waals surface area contributed by atoms with E-state index in [4.69, 9.17) is 23.7 Å². The standard InChI is InChI=1S/C23H36O7S4/c1-22(2,24)21(28-13-20-33-7-8-34-20)30-18-10-16(26-4)9-17(11-18)29-15-23(3,25)14-27-12-19-31-5-6-32-19/h9-11,19-21,24-25H,5-8,12-15H2,1-4H3. The van der Waals surface area contributed by atoms with Crippen molar-refractivity contribution in [3.05, 3.63) is 18.2 Å². The Morgan fingerprint density at radius 3 is 2.00 bits per heavy atom. The molecule has 0 saturated carbocycles. The Morgan fingerprint density at radius 1 is 0.853 bits per heavy atom. The van der Waals surface area contributed by atoms with Gasteiger partial charge in [0.05, 0.1) is 36.1 Å². The maximum Gasteiger partial charge on any atom is 0.228 e. The van der Waals surface area contributed by atoms with Gasteiger partial charge in [-0.05, 0) is 20.8 Å². The van der Waals surface area contributed by atoms with Crippen molar-refractivity contribution in [1.82, 2.24) is 0 Å². The highest BCUT2D eigenvalue weighted by atomic mass is 32.2. The van der Waals surface area contributed by atoms with E-state index in [9.17, 15) is 10.2 Å². The summed E-state index contributed by atoms with van der Waals surface area (Å²) in [6.07, 6.45) is -0.864. The first-order chi connectivity index (χ1) is 16.1. The largest absolute Gasteiger partial charge is 0.496 e. The normalized spacial score (nSPS) is 20.3. The molecule has 11 heteroatoms. The van der Waals surface area contributed by atoms with E-state index in [0.29, 0.717) is 39.6 Å². The van der Waals surface area contributed by atoms with Crippen LogP contribution in [0, 0.1) is 0 Å². The second-order valence-electron chi connectivity index (χ2n) is 8.92. The zero-order valence-electron chi connectivity index (χ0n) is 20.2. The topological polar surface area (TPSA) is 86.6 Å². The molecule has 1 aromatic rings. The fourth-order valence-corrected chi connectivity index (χ4v) is 8.40. The smallest absolute Gasteiger partial charge is 0.228 e. The number of ether oxygens (including phenoxy) is 5. The molecule has 2 atom stereocenters. The lowest BCUT2D eigenvalue weighted by atomic mass is 10.1. The molecular weight excluding hydrogens is 517 g/mol. The van der Waals surface area contributed by atoms with Gasteiger partial charge in [0.2, 0.25) is 6.29 Å². The van der Waals surface area contributed by atoms with E-state index in [1.807, 2.05) is 47.0 Å². The molecule has 0 aliphatic carbocycles. The molecule has 7 nitrogen and oxygen atoms in total. The minimum absolute atomic E-state index is 0.0477. The van der Waals surface area contributed by atoms with Crippen LogP contribution in [0.2, 0.25) is 0 Å². The Kier molecular flexibility index (Phi) is 11.2. The van der Waals surface area contributed by atoms with Crippen molar-refractivity contribution in [3.8, 4) is 17.2 Å². The predicted molar refractivity (Wildman–Crippen MR) is 144 cm³/mol. The van der Waals surface area contributed by atoms with E-state index in [1.165, 1.54) is 0 Å². The zero-order valence-corrected chi connectivity index (χ0v) is 23.5. The summed E-state index contributed by atoms with van der Waals surface area (Å²) in [7, 11) is 1.56. The molecule has 2 aliphatic heterocycles. The van der Waals surface area contributed by atoms with E-state index < -0.39 is 17.5 Å². The van der Waals surface area contributed by atoms with Crippen molar-refractivity contribution in [3.63, 3.8) is 0 Å². The van der Waals surface area contributed by atoms with Crippen LogP contribution in [0.4, 0.5) is 0 Å². The lowest BCUT2D eigenvalue weighted by Gasteiger charge is -2.30. The summed E-state index contributed by atoms with van der Waals surface area (Å²) in [6, 6.07) is 5.14. The molecule has 3 rings (SSSR count). The second kappa shape index (κ2) is 13.4. The molecule has 0 spiro atoms. The monoisotopic (exact) mass is 552 g/mol. The van der Waals surface area contributed by atoms with E-state index in [-0.39, 0.29) is 13.2 Å². The summed E-state index contributed by atoms with van der Waals surface area (Å²) < 4.78 is 29.8. The van der Waals surface area contributed by atoms with Crippen LogP contribution in [0.5, 0.6) is 17.2 Å². The maximum absolute atomic E-state index is 10.7. The lowest BCUT2D eigenvalue weighted by Crippen LogP contribution is -2.43. The molecule has 34 heavy (non-hydrogen) atoms. The fourth-order valence-electron chi connectivity index (χ4n) is 3.15. The third-order valence-corrected chi connectivity index (χ3v) is 10.8. The van der Waals surface area contributed by atoms with Gasteiger partial charge in [0.1, 0.15) is 35.1 Å². The first kappa shape index (κ1) is 28.4. The maximum atomic E-state index is 10.7. The van der Waals surface area contributed by atoms with Crippen LogP contribution < -0.4 is 14.2 Å². The molecule has 0 bridgehead atoms. The van der Waals surface area contributed by atoms with Crippen molar-refractivity contribution in [2.45, 2.75) is 47.4 Å². The van der Waals surface area contributed by atoms with Crippen LogP contribution >= 0.6 is 47.0 Å². The predicted octanol–water partition coefficient (Wildman–Crippen LogP) is 3.95. The summed E-state index contributed by atoms with van der Waals surface area (Å²) in [5.41, 5.74) is -2.36. The van der Waals surface area contributed by atoms with Crippen molar-refractivity contribution < 1.29 is 33.9 Å². The summed E-state index contributed by atoms with van der Waals surface area (Å²) in [6.45, 7) is 6.33. The summed E-state index contributed by atoms with van der Waals surface area (Å²) >= 11 is 7.50. The number of aliphatic hydroxyl groups is 2. The van der Waals surface area contributed by atoms with Crippen LogP contribution in [0.25, 0.3) is 0 Å². The quantitative estimate of drug-likeness (QED) is 0.329. The molecule has 0 aromatic heterocycles. The van der Waals surface area contributed by atoms with Gasteiger partial charge in [-0.1, -0.05) is 0 Å². The van der Waals surface area contributed by atoms with Crippen LogP contribution in [-0.2, 0) is 9.47 Å². The molecule has 2 N–H and O–H groups in total. The lowest BCUT2D eigenvalue weighted by molar-refractivity contribution is -0.181. The highest BCUT2D eigenvalue weighted by Gasteiger charge is 2.32. The number of methoxy groups -OCH3 is 1. The second-order valence-corrected chi connectivity index (χ2v) is 14.8. The Hall–Kier alpha value is -0.140. The highest BCUT2D eigenvalue weighted by molar-refractivity contribution is 8.20. The number of benzene rings is 1. The van der Waals surface area contributed by atoms with Crippen LogP contribution in [0.3, 0.4) is 0 Å². The van der Waals surface area contributed by atoms with E-state index in [1.54, 1.807) is 46.1 Å². The molecule has 0 radical (unpaired) electrons. The Bertz CT molecular complexity index is 747. The average molecular weight is 553 g/mol. The Balaban J connectivity index is 1.57. The number of rotatable bonds is 14. The highest BCUT2D eigenvalue weighted by Crippen LogP contribution is 2.34. The van der Waals surface area contributed by atoms with E-state index in [2.05, 4.69) is 0 Å². The average Bonchev–Trinajstić information content (AvgIpc) is 3.48. The van der Waals surface area contributed by atoms with Crippen molar-refractivity contribution in [2.24, 2.45) is 0 Å². The molecule has 0 amide bonds.